The van der Waals surface area contributed by atoms with Crippen molar-refractivity contribution in [1.82, 2.24) is 5.32 Å². The molecule has 1 amide bonds. The number of anilines is 1. The van der Waals surface area contributed by atoms with Gasteiger partial charge in [-0.25, -0.2) is 0 Å². The molecule has 17 heavy (non-hydrogen) atoms. The van der Waals surface area contributed by atoms with E-state index in [1.165, 1.54) is 12.1 Å². The van der Waals surface area contributed by atoms with Crippen LogP contribution in [0.2, 0.25) is 10.0 Å². The summed E-state index contributed by atoms with van der Waals surface area (Å²) in [5.74, 6) is -0.178. The summed E-state index contributed by atoms with van der Waals surface area (Å²) >= 11 is 11.8. The monoisotopic (exact) mass is 274 g/mol. The van der Waals surface area contributed by atoms with E-state index in [1.54, 1.807) is 0 Å². The quantitative estimate of drug-likeness (QED) is 0.826. The van der Waals surface area contributed by atoms with E-state index < -0.39 is 0 Å². The molecule has 0 saturated heterocycles. The number of hydrogen-bond acceptors (Lipinski definition) is 2. The molecule has 1 rings (SSSR count). The van der Waals surface area contributed by atoms with Gasteiger partial charge in [0.2, 0.25) is 0 Å². The van der Waals surface area contributed by atoms with Crippen LogP contribution in [0, 0.1) is 0 Å². The van der Waals surface area contributed by atoms with E-state index in [4.69, 9.17) is 28.9 Å². The fourth-order valence-electron chi connectivity index (χ4n) is 1.48. The Morgan fingerprint density at radius 2 is 1.76 bits per heavy atom. The largest absolute Gasteiger partial charge is 0.396 e. The average molecular weight is 275 g/mol. The third-order valence-electron chi connectivity index (χ3n) is 2.66. The fraction of sp³-hybridized carbons (Fsp3) is 0.417. The first kappa shape index (κ1) is 14.1. The van der Waals surface area contributed by atoms with Crippen LogP contribution in [-0.4, -0.2) is 11.9 Å². The number of nitrogens with one attached hydrogen (secondary N) is 1. The molecule has 0 unspecified atom stereocenters. The molecule has 0 bridgehead atoms. The Morgan fingerprint density at radius 1 is 1.29 bits per heavy atom. The van der Waals surface area contributed by atoms with Gasteiger partial charge in [0.1, 0.15) is 0 Å². The fourth-order valence-corrected chi connectivity index (χ4v) is 1.96. The van der Waals surface area contributed by atoms with Crippen molar-refractivity contribution in [3.63, 3.8) is 0 Å². The van der Waals surface area contributed by atoms with Gasteiger partial charge in [0.15, 0.2) is 0 Å². The number of carbonyl (C=O) groups is 1. The van der Waals surface area contributed by atoms with E-state index in [0.717, 1.165) is 12.8 Å². The third-order valence-corrected chi connectivity index (χ3v) is 3.29. The van der Waals surface area contributed by atoms with Crippen LogP contribution in [0.25, 0.3) is 0 Å². The summed E-state index contributed by atoms with van der Waals surface area (Å²) < 4.78 is 0. The molecule has 0 atom stereocenters. The molecule has 94 valence electrons. The number of hydrogen-bond donors (Lipinski definition) is 2. The molecule has 0 aliphatic rings. The SMILES string of the molecule is CCC(CC)NC(=O)c1cc(Cl)c(N)c(Cl)c1. The Kier molecular flexibility index (Phi) is 5.09. The van der Waals surface area contributed by atoms with Gasteiger partial charge < -0.3 is 11.1 Å². The Morgan fingerprint density at radius 3 is 2.18 bits per heavy atom. The molecule has 0 fully saturated rings. The van der Waals surface area contributed by atoms with Gasteiger partial charge in [0, 0.05) is 11.6 Å². The topological polar surface area (TPSA) is 55.1 Å². The van der Waals surface area contributed by atoms with Crippen molar-refractivity contribution in [2.45, 2.75) is 32.7 Å². The summed E-state index contributed by atoms with van der Waals surface area (Å²) in [5, 5.41) is 3.51. The zero-order valence-corrected chi connectivity index (χ0v) is 11.4. The first-order valence-corrected chi connectivity index (χ1v) is 6.30. The molecule has 3 nitrogen and oxygen atoms in total. The summed E-state index contributed by atoms with van der Waals surface area (Å²) in [6.07, 6.45) is 1.78. The molecular formula is C12H16Cl2N2O. The predicted octanol–water partition coefficient (Wildman–Crippen LogP) is 3.49. The Hall–Kier alpha value is -0.930. The van der Waals surface area contributed by atoms with Crippen LogP contribution in [0.4, 0.5) is 5.69 Å². The molecule has 0 aromatic heterocycles. The van der Waals surface area contributed by atoms with Crippen LogP contribution in [0.1, 0.15) is 37.0 Å². The molecule has 0 radical (unpaired) electrons. The molecule has 0 aliphatic heterocycles. The number of nitrogen functional groups attached to an aromatic ring is 1. The second kappa shape index (κ2) is 6.12. The summed E-state index contributed by atoms with van der Waals surface area (Å²) in [6, 6.07) is 3.22. The van der Waals surface area contributed by atoms with Gasteiger partial charge in [-0.3, -0.25) is 4.79 Å². The molecule has 1 aromatic carbocycles. The van der Waals surface area contributed by atoms with E-state index in [2.05, 4.69) is 5.32 Å². The lowest BCUT2D eigenvalue weighted by atomic mass is 10.1. The van der Waals surface area contributed by atoms with Crippen molar-refractivity contribution in [2.75, 3.05) is 5.73 Å². The summed E-state index contributed by atoms with van der Waals surface area (Å²) in [4.78, 5) is 11.9. The maximum Gasteiger partial charge on any atom is 0.251 e. The Bertz CT molecular complexity index is 394. The minimum Gasteiger partial charge on any atom is -0.396 e. The summed E-state index contributed by atoms with van der Waals surface area (Å²) in [7, 11) is 0. The number of carbonyl (C=O) groups excluding carboxylic acids is 1. The van der Waals surface area contributed by atoms with Crippen molar-refractivity contribution in [3.8, 4) is 0 Å². The van der Waals surface area contributed by atoms with Crippen molar-refractivity contribution < 1.29 is 4.79 Å². The van der Waals surface area contributed by atoms with Crippen LogP contribution >= 0.6 is 23.2 Å². The second-order valence-electron chi connectivity index (χ2n) is 3.84. The van der Waals surface area contributed by atoms with Crippen molar-refractivity contribution in [2.24, 2.45) is 0 Å². The average Bonchev–Trinajstić information content (AvgIpc) is 2.31. The maximum absolute atomic E-state index is 11.9. The number of nitrogens with two attached hydrogens (primary N) is 1. The Balaban J connectivity index is 2.90. The second-order valence-corrected chi connectivity index (χ2v) is 4.65. The summed E-state index contributed by atoms with van der Waals surface area (Å²) in [5.41, 5.74) is 6.34. The van der Waals surface area contributed by atoms with Gasteiger partial charge in [-0.05, 0) is 25.0 Å². The highest BCUT2D eigenvalue weighted by molar-refractivity contribution is 6.39. The zero-order chi connectivity index (χ0) is 13.0. The lowest BCUT2D eigenvalue weighted by Gasteiger charge is -2.15. The maximum atomic E-state index is 11.9. The van der Waals surface area contributed by atoms with Gasteiger partial charge >= 0.3 is 0 Å². The van der Waals surface area contributed by atoms with Crippen molar-refractivity contribution in [3.05, 3.63) is 27.7 Å². The molecule has 5 heteroatoms. The van der Waals surface area contributed by atoms with E-state index in [0.29, 0.717) is 21.3 Å². The molecule has 3 N–H and O–H groups in total. The number of halogens is 2. The third kappa shape index (κ3) is 3.51. The van der Waals surface area contributed by atoms with E-state index in [-0.39, 0.29) is 11.9 Å². The zero-order valence-electron chi connectivity index (χ0n) is 9.89. The van der Waals surface area contributed by atoms with Crippen LogP contribution in [-0.2, 0) is 0 Å². The van der Waals surface area contributed by atoms with Gasteiger partial charge in [0.25, 0.3) is 5.91 Å². The van der Waals surface area contributed by atoms with E-state index in [1.807, 2.05) is 13.8 Å². The molecule has 0 heterocycles. The van der Waals surface area contributed by atoms with Gasteiger partial charge in [-0.2, -0.15) is 0 Å². The minimum atomic E-state index is -0.178. The first-order chi connectivity index (χ1) is 7.99. The van der Waals surface area contributed by atoms with Crippen LogP contribution < -0.4 is 11.1 Å². The highest BCUT2D eigenvalue weighted by atomic mass is 35.5. The lowest BCUT2D eigenvalue weighted by molar-refractivity contribution is 0.0935. The highest BCUT2D eigenvalue weighted by Gasteiger charge is 2.13. The number of amides is 1. The van der Waals surface area contributed by atoms with Crippen LogP contribution in [0.15, 0.2) is 12.1 Å². The van der Waals surface area contributed by atoms with Gasteiger partial charge in [-0.1, -0.05) is 37.0 Å². The smallest absolute Gasteiger partial charge is 0.251 e. The number of benzene rings is 1. The minimum absolute atomic E-state index is 0.164. The van der Waals surface area contributed by atoms with Crippen LogP contribution in [0.3, 0.4) is 0 Å². The Labute approximate surface area is 111 Å². The first-order valence-electron chi connectivity index (χ1n) is 5.54. The molecular weight excluding hydrogens is 259 g/mol. The van der Waals surface area contributed by atoms with E-state index in [9.17, 15) is 4.79 Å². The molecule has 0 aliphatic carbocycles. The molecule has 1 aromatic rings. The summed E-state index contributed by atoms with van der Waals surface area (Å²) in [6.45, 7) is 4.05. The van der Waals surface area contributed by atoms with Crippen molar-refractivity contribution in [1.29, 1.82) is 0 Å². The normalized spacial score (nSPS) is 10.6. The standard InChI is InChI=1S/C12H16Cl2N2O/c1-3-8(4-2)16-12(17)7-5-9(13)11(15)10(14)6-7/h5-6,8H,3-4,15H2,1-2H3,(H,16,17). The molecule has 0 spiro atoms. The lowest BCUT2D eigenvalue weighted by Crippen LogP contribution is -2.33. The van der Waals surface area contributed by atoms with Gasteiger partial charge in [0.05, 0.1) is 15.7 Å². The predicted molar refractivity (Wildman–Crippen MR) is 72.7 cm³/mol. The van der Waals surface area contributed by atoms with E-state index >= 15 is 0 Å². The molecule has 0 saturated carbocycles. The van der Waals surface area contributed by atoms with Crippen LogP contribution in [0.5, 0.6) is 0 Å². The number of rotatable bonds is 4. The van der Waals surface area contributed by atoms with Gasteiger partial charge in [-0.15, -0.1) is 0 Å². The highest BCUT2D eigenvalue weighted by Crippen LogP contribution is 2.28. The van der Waals surface area contributed by atoms with Crippen molar-refractivity contribution >= 4 is 34.8 Å².